The number of carbonyl (C=O) groups is 1. The average molecular weight is 365 g/mol. The van der Waals surface area contributed by atoms with Crippen LogP contribution in [0.4, 0.5) is 4.39 Å². The van der Waals surface area contributed by atoms with Crippen molar-refractivity contribution in [3.63, 3.8) is 0 Å². The van der Waals surface area contributed by atoms with Gasteiger partial charge in [0.05, 0.1) is 22.7 Å². The molecule has 0 unspecified atom stereocenters. The molecule has 24 heavy (non-hydrogen) atoms. The highest BCUT2D eigenvalue weighted by atomic mass is 35.5. The normalized spacial score (nSPS) is 10.6. The van der Waals surface area contributed by atoms with E-state index < -0.39 is 11.7 Å². The first kappa shape index (κ1) is 16.5. The van der Waals surface area contributed by atoms with E-state index in [-0.39, 0.29) is 17.9 Å². The van der Waals surface area contributed by atoms with Crippen molar-refractivity contribution in [3.05, 3.63) is 75.7 Å². The third-order valence-electron chi connectivity index (χ3n) is 3.30. The van der Waals surface area contributed by atoms with Crippen molar-refractivity contribution < 1.29 is 13.7 Å². The maximum Gasteiger partial charge on any atom is 0.253 e. The summed E-state index contributed by atoms with van der Waals surface area (Å²) in [5.74, 6) is -0.508. The SMILES string of the molecule is O=C(NCc1cc(-c2ccccc2F)on1)c1cc(Cl)ccc1Cl. The minimum absolute atomic E-state index is 0.111. The van der Waals surface area contributed by atoms with E-state index >= 15 is 0 Å². The van der Waals surface area contributed by atoms with Gasteiger partial charge in [-0.3, -0.25) is 4.79 Å². The number of carbonyl (C=O) groups excluding carboxylic acids is 1. The lowest BCUT2D eigenvalue weighted by Gasteiger charge is -2.05. The quantitative estimate of drug-likeness (QED) is 0.728. The number of hydrogen-bond donors (Lipinski definition) is 1. The molecule has 0 saturated carbocycles. The highest BCUT2D eigenvalue weighted by Gasteiger charge is 2.14. The van der Waals surface area contributed by atoms with Crippen LogP contribution in [0.2, 0.25) is 10.0 Å². The van der Waals surface area contributed by atoms with Crippen molar-refractivity contribution in [3.8, 4) is 11.3 Å². The molecule has 1 heterocycles. The van der Waals surface area contributed by atoms with Crippen molar-refractivity contribution in [2.75, 3.05) is 0 Å². The Morgan fingerprint density at radius 3 is 2.75 bits per heavy atom. The minimum Gasteiger partial charge on any atom is -0.356 e. The summed E-state index contributed by atoms with van der Waals surface area (Å²) in [5, 5.41) is 7.19. The third kappa shape index (κ3) is 3.58. The minimum atomic E-state index is -0.407. The van der Waals surface area contributed by atoms with Crippen LogP contribution in [0.25, 0.3) is 11.3 Å². The van der Waals surface area contributed by atoms with Gasteiger partial charge in [-0.1, -0.05) is 40.5 Å². The Bertz CT molecular complexity index is 896. The second-order valence-electron chi connectivity index (χ2n) is 4.97. The lowest BCUT2D eigenvalue weighted by atomic mass is 10.1. The van der Waals surface area contributed by atoms with E-state index in [1.54, 1.807) is 36.4 Å². The molecule has 0 fully saturated rings. The molecule has 0 atom stereocenters. The van der Waals surface area contributed by atoms with E-state index in [1.165, 1.54) is 12.1 Å². The van der Waals surface area contributed by atoms with Gasteiger partial charge in [0.25, 0.3) is 5.91 Å². The standard InChI is InChI=1S/C17H11Cl2FN2O2/c18-10-5-6-14(19)13(7-10)17(23)21-9-11-8-16(24-22-11)12-3-1-2-4-15(12)20/h1-8H,9H2,(H,21,23). The molecule has 1 N–H and O–H groups in total. The molecule has 2 aromatic carbocycles. The zero-order chi connectivity index (χ0) is 17.1. The van der Waals surface area contributed by atoms with Gasteiger partial charge in [0, 0.05) is 11.1 Å². The molecule has 122 valence electrons. The number of nitrogens with one attached hydrogen (secondary N) is 1. The van der Waals surface area contributed by atoms with Crippen molar-refractivity contribution in [1.82, 2.24) is 10.5 Å². The summed E-state index contributed by atoms with van der Waals surface area (Å²) in [4.78, 5) is 12.1. The molecule has 0 aliphatic rings. The fraction of sp³-hybridized carbons (Fsp3) is 0.0588. The topological polar surface area (TPSA) is 55.1 Å². The largest absolute Gasteiger partial charge is 0.356 e. The maximum absolute atomic E-state index is 13.7. The Balaban J connectivity index is 1.71. The molecular weight excluding hydrogens is 354 g/mol. The Morgan fingerprint density at radius 1 is 1.17 bits per heavy atom. The molecule has 1 amide bonds. The Hall–Kier alpha value is -2.37. The van der Waals surface area contributed by atoms with Crippen LogP contribution in [0.5, 0.6) is 0 Å². The molecular formula is C17H11Cl2FN2O2. The van der Waals surface area contributed by atoms with E-state index in [0.717, 1.165) is 0 Å². The molecule has 1 aromatic heterocycles. The van der Waals surface area contributed by atoms with Crippen molar-refractivity contribution in [1.29, 1.82) is 0 Å². The van der Waals surface area contributed by atoms with Gasteiger partial charge in [0.15, 0.2) is 5.76 Å². The number of aromatic nitrogens is 1. The predicted molar refractivity (Wildman–Crippen MR) is 89.5 cm³/mol. The summed E-state index contributed by atoms with van der Waals surface area (Å²) >= 11 is 11.8. The molecule has 7 heteroatoms. The van der Waals surface area contributed by atoms with Crippen LogP contribution in [0.1, 0.15) is 16.1 Å². The zero-order valence-electron chi connectivity index (χ0n) is 12.2. The lowest BCUT2D eigenvalue weighted by molar-refractivity contribution is 0.0950. The number of nitrogens with zero attached hydrogens (tertiary/aromatic N) is 1. The summed E-state index contributed by atoms with van der Waals surface area (Å²) in [5.41, 5.74) is 1.03. The summed E-state index contributed by atoms with van der Waals surface area (Å²) in [7, 11) is 0. The Morgan fingerprint density at radius 2 is 1.96 bits per heavy atom. The number of rotatable bonds is 4. The number of amides is 1. The molecule has 4 nitrogen and oxygen atoms in total. The first-order valence-electron chi connectivity index (χ1n) is 6.98. The molecule has 0 radical (unpaired) electrons. The van der Waals surface area contributed by atoms with Crippen LogP contribution < -0.4 is 5.32 Å². The maximum atomic E-state index is 13.7. The second kappa shape index (κ2) is 7.03. The smallest absolute Gasteiger partial charge is 0.253 e. The molecule has 0 aliphatic heterocycles. The highest BCUT2D eigenvalue weighted by molar-refractivity contribution is 6.35. The summed E-state index contributed by atoms with van der Waals surface area (Å²) in [6, 6.07) is 12.4. The van der Waals surface area contributed by atoms with Crippen LogP contribution in [0, 0.1) is 5.82 Å². The fourth-order valence-corrected chi connectivity index (χ4v) is 2.50. The molecule has 0 saturated heterocycles. The monoisotopic (exact) mass is 364 g/mol. The van der Waals surface area contributed by atoms with Gasteiger partial charge >= 0.3 is 0 Å². The van der Waals surface area contributed by atoms with Crippen molar-refractivity contribution >= 4 is 29.1 Å². The first-order chi connectivity index (χ1) is 11.5. The van der Waals surface area contributed by atoms with Crippen LogP contribution in [0.3, 0.4) is 0 Å². The van der Waals surface area contributed by atoms with Gasteiger partial charge in [-0.2, -0.15) is 0 Å². The Labute approximate surface area is 147 Å². The molecule has 0 spiro atoms. The molecule has 0 bridgehead atoms. The van der Waals surface area contributed by atoms with Crippen LogP contribution in [-0.2, 0) is 6.54 Å². The van der Waals surface area contributed by atoms with Crippen molar-refractivity contribution in [2.45, 2.75) is 6.54 Å². The highest BCUT2D eigenvalue weighted by Crippen LogP contribution is 2.23. The summed E-state index contributed by atoms with van der Waals surface area (Å²) in [6.45, 7) is 0.111. The average Bonchev–Trinajstić information content (AvgIpc) is 3.04. The van der Waals surface area contributed by atoms with E-state index in [1.807, 2.05) is 0 Å². The van der Waals surface area contributed by atoms with E-state index in [0.29, 0.717) is 21.3 Å². The molecule has 3 rings (SSSR count). The number of halogens is 3. The van der Waals surface area contributed by atoms with Crippen molar-refractivity contribution in [2.24, 2.45) is 0 Å². The predicted octanol–water partition coefficient (Wildman–Crippen LogP) is 4.72. The molecule has 3 aromatic rings. The van der Waals surface area contributed by atoms with Gasteiger partial charge < -0.3 is 9.84 Å². The summed E-state index contributed by atoms with van der Waals surface area (Å²) in [6.07, 6.45) is 0. The van der Waals surface area contributed by atoms with Crippen LogP contribution in [0.15, 0.2) is 53.1 Å². The second-order valence-corrected chi connectivity index (χ2v) is 5.81. The first-order valence-corrected chi connectivity index (χ1v) is 7.74. The lowest BCUT2D eigenvalue weighted by Crippen LogP contribution is -2.23. The van der Waals surface area contributed by atoms with Gasteiger partial charge in [0.2, 0.25) is 0 Å². The number of benzene rings is 2. The van der Waals surface area contributed by atoms with Crippen LogP contribution >= 0.6 is 23.2 Å². The Kier molecular flexibility index (Phi) is 4.83. The zero-order valence-corrected chi connectivity index (χ0v) is 13.7. The van der Waals surface area contributed by atoms with Gasteiger partial charge in [-0.05, 0) is 30.3 Å². The van der Waals surface area contributed by atoms with Gasteiger partial charge in [0.1, 0.15) is 11.5 Å². The van der Waals surface area contributed by atoms with E-state index in [4.69, 9.17) is 27.7 Å². The van der Waals surface area contributed by atoms with Crippen LogP contribution in [-0.4, -0.2) is 11.1 Å². The summed E-state index contributed by atoms with van der Waals surface area (Å²) < 4.78 is 18.8. The van der Waals surface area contributed by atoms with Gasteiger partial charge in [-0.25, -0.2) is 4.39 Å². The third-order valence-corrected chi connectivity index (χ3v) is 3.87. The van der Waals surface area contributed by atoms with E-state index in [2.05, 4.69) is 10.5 Å². The fourth-order valence-electron chi connectivity index (χ4n) is 2.12. The number of hydrogen-bond acceptors (Lipinski definition) is 3. The molecule has 0 aliphatic carbocycles. The van der Waals surface area contributed by atoms with E-state index in [9.17, 15) is 9.18 Å². The van der Waals surface area contributed by atoms with Gasteiger partial charge in [-0.15, -0.1) is 0 Å².